The van der Waals surface area contributed by atoms with Crippen molar-refractivity contribution in [2.45, 2.75) is 64.1 Å². The molecule has 3 aromatic heterocycles. The Balaban J connectivity index is 1.63. The monoisotopic (exact) mass is 421 g/mol. The lowest BCUT2D eigenvalue weighted by molar-refractivity contribution is -0.122. The van der Waals surface area contributed by atoms with Crippen molar-refractivity contribution in [2.24, 2.45) is 0 Å². The van der Waals surface area contributed by atoms with Crippen molar-refractivity contribution in [2.75, 3.05) is 0 Å². The molecule has 1 fully saturated rings. The zero-order valence-electron chi connectivity index (χ0n) is 17.5. The minimum atomic E-state index is -0.720. The zero-order chi connectivity index (χ0) is 21.6. The molecule has 3 heterocycles. The van der Waals surface area contributed by atoms with Gasteiger partial charge < -0.3 is 5.32 Å². The smallest absolute Gasteiger partial charge is 0.318 e. The predicted molar refractivity (Wildman–Crippen MR) is 118 cm³/mol. The number of nitrogens with zero attached hydrogens (tertiary/aromatic N) is 4. The van der Waals surface area contributed by atoms with E-state index in [1.807, 2.05) is 0 Å². The number of hydrogen-bond donors (Lipinski definition) is 1. The van der Waals surface area contributed by atoms with E-state index in [-0.39, 0.29) is 25.0 Å². The van der Waals surface area contributed by atoms with Crippen LogP contribution in [-0.4, -0.2) is 31.1 Å². The third-order valence-corrected chi connectivity index (χ3v) is 5.85. The molecule has 0 spiro atoms. The molecule has 1 saturated carbocycles. The molecule has 4 rings (SSSR count). The second-order valence-electron chi connectivity index (χ2n) is 8.09. The SMILES string of the molecule is O=C(Cn1c(=O)c(=O)n(Cc2ccncc2)c2ncccc21)NC1CCCCCCC1. The van der Waals surface area contributed by atoms with Gasteiger partial charge in [0.2, 0.25) is 5.91 Å². The topological polar surface area (TPSA) is 98.9 Å². The fraction of sp³-hybridized carbons (Fsp3) is 0.435. The highest BCUT2D eigenvalue weighted by Gasteiger charge is 2.19. The van der Waals surface area contributed by atoms with Crippen molar-refractivity contribution in [1.82, 2.24) is 24.4 Å². The standard InChI is InChI=1S/C23H27N5O3/c29-20(26-18-7-4-2-1-3-5-8-18)16-27-19-9-6-12-25-21(19)28(23(31)22(27)30)15-17-10-13-24-14-11-17/h6,9-14,18H,1-5,7-8,15-16H2,(H,26,29). The summed E-state index contributed by atoms with van der Waals surface area (Å²) in [4.78, 5) is 46.9. The largest absolute Gasteiger partial charge is 0.352 e. The van der Waals surface area contributed by atoms with Crippen molar-refractivity contribution in [3.05, 3.63) is 69.1 Å². The molecule has 0 aromatic carbocycles. The second kappa shape index (κ2) is 9.68. The van der Waals surface area contributed by atoms with Crippen LogP contribution in [0.5, 0.6) is 0 Å². The molecule has 8 heteroatoms. The van der Waals surface area contributed by atoms with Gasteiger partial charge in [0, 0.05) is 24.6 Å². The lowest BCUT2D eigenvalue weighted by Gasteiger charge is -2.21. The maximum Gasteiger partial charge on any atom is 0.318 e. The van der Waals surface area contributed by atoms with Crippen molar-refractivity contribution in [3.63, 3.8) is 0 Å². The van der Waals surface area contributed by atoms with Gasteiger partial charge in [-0.25, -0.2) is 4.98 Å². The highest BCUT2D eigenvalue weighted by atomic mass is 16.2. The summed E-state index contributed by atoms with van der Waals surface area (Å²) in [7, 11) is 0. The van der Waals surface area contributed by atoms with Gasteiger partial charge in [0.05, 0.1) is 12.1 Å². The van der Waals surface area contributed by atoms with Gasteiger partial charge in [-0.1, -0.05) is 32.1 Å². The summed E-state index contributed by atoms with van der Waals surface area (Å²) in [5, 5.41) is 3.07. The Morgan fingerprint density at radius 3 is 2.35 bits per heavy atom. The lowest BCUT2D eigenvalue weighted by atomic mass is 9.97. The van der Waals surface area contributed by atoms with E-state index in [2.05, 4.69) is 15.3 Å². The molecule has 0 atom stereocenters. The highest BCUT2D eigenvalue weighted by molar-refractivity contribution is 5.79. The van der Waals surface area contributed by atoms with Gasteiger partial charge in [-0.05, 0) is 42.7 Å². The van der Waals surface area contributed by atoms with E-state index >= 15 is 0 Å². The minimum Gasteiger partial charge on any atom is -0.352 e. The third-order valence-electron chi connectivity index (χ3n) is 5.85. The first-order valence-electron chi connectivity index (χ1n) is 10.9. The summed E-state index contributed by atoms with van der Waals surface area (Å²) in [6, 6.07) is 7.12. The molecular weight excluding hydrogens is 394 g/mol. The van der Waals surface area contributed by atoms with Crippen LogP contribution >= 0.6 is 0 Å². The van der Waals surface area contributed by atoms with Gasteiger partial charge in [-0.2, -0.15) is 0 Å². The van der Waals surface area contributed by atoms with Gasteiger partial charge in [-0.15, -0.1) is 0 Å². The number of carbonyl (C=O) groups is 1. The summed E-state index contributed by atoms with van der Waals surface area (Å²) in [5.74, 6) is -0.246. The molecule has 1 amide bonds. The normalized spacial score (nSPS) is 15.4. The Morgan fingerprint density at radius 1 is 0.935 bits per heavy atom. The van der Waals surface area contributed by atoms with E-state index < -0.39 is 11.1 Å². The van der Waals surface area contributed by atoms with Crippen LogP contribution in [0.25, 0.3) is 11.2 Å². The highest BCUT2D eigenvalue weighted by Crippen LogP contribution is 2.17. The van der Waals surface area contributed by atoms with Gasteiger partial charge in [0.15, 0.2) is 5.65 Å². The summed E-state index contributed by atoms with van der Waals surface area (Å²) >= 11 is 0. The number of pyridine rings is 2. The third kappa shape index (κ3) is 4.90. The van der Waals surface area contributed by atoms with Crippen LogP contribution in [0, 0.1) is 0 Å². The van der Waals surface area contributed by atoms with Crippen LogP contribution in [0.4, 0.5) is 0 Å². The Bertz CT molecular complexity index is 1160. The van der Waals surface area contributed by atoms with Gasteiger partial charge >= 0.3 is 11.1 Å². The maximum absolute atomic E-state index is 12.9. The number of fused-ring (bicyclic) bond motifs is 1. The van der Waals surface area contributed by atoms with Crippen molar-refractivity contribution in [1.29, 1.82) is 0 Å². The zero-order valence-corrected chi connectivity index (χ0v) is 17.5. The van der Waals surface area contributed by atoms with Gasteiger partial charge in [0.25, 0.3) is 0 Å². The molecule has 1 aliphatic rings. The first-order valence-corrected chi connectivity index (χ1v) is 10.9. The van der Waals surface area contributed by atoms with Crippen LogP contribution < -0.4 is 16.4 Å². The summed E-state index contributed by atoms with van der Waals surface area (Å²) < 4.78 is 2.60. The lowest BCUT2D eigenvalue weighted by Crippen LogP contribution is -2.45. The van der Waals surface area contributed by atoms with E-state index in [4.69, 9.17) is 0 Å². The molecular formula is C23H27N5O3. The molecule has 8 nitrogen and oxygen atoms in total. The molecule has 3 aromatic rings. The number of rotatable bonds is 5. The molecule has 0 saturated heterocycles. The molecule has 0 unspecified atom stereocenters. The maximum atomic E-state index is 12.9. The molecule has 31 heavy (non-hydrogen) atoms. The molecule has 1 aliphatic carbocycles. The van der Waals surface area contributed by atoms with Crippen LogP contribution in [0.3, 0.4) is 0 Å². The number of hydrogen-bond acceptors (Lipinski definition) is 5. The Kier molecular flexibility index (Phi) is 6.54. The van der Waals surface area contributed by atoms with Gasteiger partial charge in [0.1, 0.15) is 6.54 Å². The fourth-order valence-electron chi connectivity index (χ4n) is 4.24. The van der Waals surface area contributed by atoms with Gasteiger partial charge in [-0.3, -0.25) is 28.5 Å². The van der Waals surface area contributed by atoms with Crippen molar-refractivity contribution < 1.29 is 4.79 Å². The molecule has 162 valence electrons. The Hall–Kier alpha value is -3.29. The van der Waals surface area contributed by atoms with E-state index in [1.165, 1.54) is 28.4 Å². The average molecular weight is 422 g/mol. The quantitative estimate of drug-likeness (QED) is 0.637. The molecule has 0 radical (unpaired) electrons. The van der Waals surface area contributed by atoms with E-state index in [0.29, 0.717) is 11.2 Å². The Labute approximate surface area is 180 Å². The molecule has 0 bridgehead atoms. The summed E-state index contributed by atoms with van der Waals surface area (Å²) in [6.45, 7) is 0.0160. The fourth-order valence-corrected chi connectivity index (χ4v) is 4.24. The first-order chi connectivity index (χ1) is 15.1. The van der Waals surface area contributed by atoms with Crippen LogP contribution in [0.1, 0.15) is 50.5 Å². The molecule has 1 N–H and O–H groups in total. The predicted octanol–water partition coefficient (Wildman–Crippen LogP) is 2.23. The average Bonchev–Trinajstić information content (AvgIpc) is 2.77. The number of carbonyl (C=O) groups excluding carboxylic acids is 1. The number of nitrogens with one attached hydrogen (secondary N) is 1. The van der Waals surface area contributed by atoms with E-state index in [1.54, 1.807) is 42.9 Å². The second-order valence-corrected chi connectivity index (χ2v) is 8.09. The number of aromatic nitrogens is 4. The van der Waals surface area contributed by atoms with E-state index in [0.717, 1.165) is 31.2 Å². The van der Waals surface area contributed by atoms with Crippen LogP contribution in [-0.2, 0) is 17.9 Å². The van der Waals surface area contributed by atoms with Crippen molar-refractivity contribution >= 4 is 17.1 Å². The first kappa shape index (κ1) is 21.0. The van der Waals surface area contributed by atoms with E-state index in [9.17, 15) is 14.4 Å². The summed E-state index contributed by atoms with van der Waals surface area (Å²) in [6.07, 6.45) is 12.6. The number of amides is 1. The summed E-state index contributed by atoms with van der Waals surface area (Å²) in [5.41, 5.74) is 0.268. The van der Waals surface area contributed by atoms with Crippen molar-refractivity contribution in [3.8, 4) is 0 Å². The minimum absolute atomic E-state index is 0.125. The molecule has 0 aliphatic heterocycles. The van der Waals surface area contributed by atoms with Crippen LogP contribution in [0.15, 0.2) is 52.4 Å². The Morgan fingerprint density at radius 2 is 1.61 bits per heavy atom. The van der Waals surface area contributed by atoms with Crippen LogP contribution in [0.2, 0.25) is 0 Å².